The number of anilines is 3. The molecule has 4 rings (SSSR count). The van der Waals surface area contributed by atoms with Crippen molar-refractivity contribution in [3.05, 3.63) is 36.0 Å². The van der Waals surface area contributed by atoms with Crippen LogP contribution < -0.4 is 10.6 Å². The fraction of sp³-hybridized carbons (Fsp3) is 0.500. The number of thioether (sulfide) groups is 1. The molecule has 2 aliphatic rings. The molecule has 1 aromatic heterocycles. The van der Waals surface area contributed by atoms with Crippen LogP contribution in [-0.2, 0) is 0 Å². The maximum absolute atomic E-state index is 4.81. The van der Waals surface area contributed by atoms with E-state index in [4.69, 9.17) is 9.97 Å². The van der Waals surface area contributed by atoms with Crippen LogP contribution in [0.25, 0.3) is 0 Å². The second-order valence-electron chi connectivity index (χ2n) is 7.08. The van der Waals surface area contributed by atoms with Crippen LogP contribution in [0.5, 0.6) is 0 Å². The number of benzene rings is 1. The SMILES string of the molecule is CSc1ccccc1Nc1cc(C2CC2)nc(NC2CCCCC2)n1. The van der Waals surface area contributed by atoms with Crippen LogP contribution in [0.15, 0.2) is 35.2 Å². The molecule has 2 fully saturated rings. The molecule has 0 saturated heterocycles. The Kier molecular flexibility index (Phi) is 5.11. The van der Waals surface area contributed by atoms with E-state index in [2.05, 4.69) is 47.2 Å². The topological polar surface area (TPSA) is 49.8 Å². The van der Waals surface area contributed by atoms with E-state index >= 15 is 0 Å². The van der Waals surface area contributed by atoms with Crippen LogP contribution in [0, 0.1) is 0 Å². The Labute approximate surface area is 154 Å². The lowest BCUT2D eigenvalue weighted by atomic mass is 9.96. The lowest BCUT2D eigenvalue weighted by molar-refractivity contribution is 0.460. The molecular formula is C20H26N4S. The van der Waals surface area contributed by atoms with Crippen LogP contribution in [0.1, 0.15) is 56.6 Å². The zero-order valence-electron chi connectivity index (χ0n) is 14.8. The fourth-order valence-electron chi connectivity index (χ4n) is 3.50. The molecule has 5 heteroatoms. The van der Waals surface area contributed by atoms with Gasteiger partial charge in [-0.1, -0.05) is 31.4 Å². The van der Waals surface area contributed by atoms with E-state index in [0.29, 0.717) is 12.0 Å². The summed E-state index contributed by atoms with van der Waals surface area (Å²) in [7, 11) is 0. The van der Waals surface area contributed by atoms with Crippen LogP contribution in [0.3, 0.4) is 0 Å². The Morgan fingerprint density at radius 2 is 1.80 bits per heavy atom. The summed E-state index contributed by atoms with van der Waals surface area (Å²) < 4.78 is 0. The number of nitrogens with one attached hydrogen (secondary N) is 2. The third-order valence-corrected chi connectivity index (χ3v) is 5.85. The molecular weight excluding hydrogens is 328 g/mol. The van der Waals surface area contributed by atoms with Gasteiger partial charge >= 0.3 is 0 Å². The van der Waals surface area contributed by atoms with Crippen LogP contribution in [0.4, 0.5) is 17.5 Å². The third kappa shape index (κ3) is 4.27. The van der Waals surface area contributed by atoms with Gasteiger partial charge in [0, 0.05) is 22.9 Å². The summed E-state index contributed by atoms with van der Waals surface area (Å²) in [4.78, 5) is 10.8. The van der Waals surface area contributed by atoms with E-state index in [0.717, 1.165) is 17.5 Å². The lowest BCUT2D eigenvalue weighted by Crippen LogP contribution is -2.23. The highest BCUT2D eigenvalue weighted by atomic mass is 32.2. The van der Waals surface area contributed by atoms with Gasteiger partial charge in [0.1, 0.15) is 5.82 Å². The molecule has 1 aromatic carbocycles. The van der Waals surface area contributed by atoms with E-state index in [1.807, 2.05) is 0 Å². The van der Waals surface area contributed by atoms with Crippen LogP contribution in [-0.4, -0.2) is 22.3 Å². The lowest BCUT2D eigenvalue weighted by Gasteiger charge is -2.23. The monoisotopic (exact) mass is 354 g/mol. The smallest absolute Gasteiger partial charge is 0.225 e. The minimum absolute atomic E-state index is 0.523. The van der Waals surface area contributed by atoms with Crippen LogP contribution >= 0.6 is 11.8 Å². The number of hydrogen-bond donors (Lipinski definition) is 2. The van der Waals surface area contributed by atoms with Gasteiger partial charge in [-0.3, -0.25) is 0 Å². The van der Waals surface area contributed by atoms with Crippen molar-refractivity contribution >= 4 is 29.2 Å². The average molecular weight is 355 g/mol. The maximum atomic E-state index is 4.81. The second kappa shape index (κ2) is 7.65. The van der Waals surface area contributed by atoms with Gasteiger partial charge in [0.15, 0.2) is 0 Å². The van der Waals surface area contributed by atoms with E-state index in [1.54, 1.807) is 11.8 Å². The van der Waals surface area contributed by atoms with Crippen molar-refractivity contribution in [2.75, 3.05) is 16.9 Å². The predicted octanol–water partition coefficient (Wildman–Crippen LogP) is 5.56. The predicted molar refractivity (Wildman–Crippen MR) is 106 cm³/mol. The summed E-state index contributed by atoms with van der Waals surface area (Å²) in [6.07, 6.45) is 11.1. The molecule has 0 radical (unpaired) electrons. The molecule has 0 atom stereocenters. The highest BCUT2D eigenvalue weighted by Gasteiger charge is 2.26. The van der Waals surface area contributed by atoms with Crippen molar-refractivity contribution in [1.82, 2.24) is 9.97 Å². The Bertz CT molecular complexity index is 723. The normalized spacial score (nSPS) is 18.1. The van der Waals surface area contributed by atoms with Gasteiger partial charge in [-0.05, 0) is 44.1 Å². The first-order valence-electron chi connectivity index (χ1n) is 9.37. The molecule has 2 aromatic rings. The van der Waals surface area contributed by atoms with Crippen molar-refractivity contribution < 1.29 is 0 Å². The first-order chi connectivity index (χ1) is 12.3. The number of rotatable bonds is 6. The van der Waals surface area contributed by atoms with E-state index in [9.17, 15) is 0 Å². The average Bonchev–Trinajstić information content (AvgIpc) is 3.48. The number of nitrogens with zero attached hydrogens (tertiary/aromatic N) is 2. The van der Waals surface area contributed by atoms with Gasteiger partial charge in [-0.2, -0.15) is 4.98 Å². The molecule has 132 valence electrons. The van der Waals surface area contributed by atoms with Gasteiger partial charge in [0.2, 0.25) is 5.95 Å². The van der Waals surface area contributed by atoms with Crippen molar-refractivity contribution in [3.63, 3.8) is 0 Å². The highest BCUT2D eigenvalue weighted by molar-refractivity contribution is 7.98. The van der Waals surface area contributed by atoms with Gasteiger partial charge in [-0.25, -0.2) is 4.98 Å². The summed E-state index contributed by atoms with van der Waals surface area (Å²) in [6, 6.07) is 11.0. The van der Waals surface area contributed by atoms with Gasteiger partial charge < -0.3 is 10.6 Å². The van der Waals surface area contributed by atoms with E-state index in [1.165, 1.54) is 55.5 Å². The first kappa shape index (κ1) is 16.7. The van der Waals surface area contributed by atoms with Crippen LogP contribution in [0.2, 0.25) is 0 Å². The summed E-state index contributed by atoms with van der Waals surface area (Å²) >= 11 is 1.75. The number of para-hydroxylation sites is 1. The summed E-state index contributed by atoms with van der Waals surface area (Å²) in [5.41, 5.74) is 2.29. The maximum Gasteiger partial charge on any atom is 0.225 e. The molecule has 0 aliphatic heterocycles. The molecule has 25 heavy (non-hydrogen) atoms. The summed E-state index contributed by atoms with van der Waals surface area (Å²) in [5.74, 6) is 2.31. The van der Waals surface area contributed by atoms with E-state index < -0.39 is 0 Å². The largest absolute Gasteiger partial charge is 0.351 e. The standard InChI is InChI=1S/C20H26N4S/c1-25-18-10-6-5-9-16(18)22-19-13-17(14-11-12-14)23-20(24-19)21-15-7-3-2-4-8-15/h5-6,9-10,13-15H,2-4,7-8,11-12H2,1H3,(H2,21,22,23,24). The molecule has 2 N–H and O–H groups in total. The molecule has 2 saturated carbocycles. The first-order valence-corrected chi connectivity index (χ1v) is 10.6. The molecule has 0 bridgehead atoms. The molecule has 2 aliphatic carbocycles. The Balaban J connectivity index is 1.57. The van der Waals surface area contributed by atoms with Gasteiger partial charge in [0.05, 0.1) is 11.4 Å². The number of hydrogen-bond acceptors (Lipinski definition) is 5. The zero-order chi connectivity index (χ0) is 17.1. The Morgan fingerprint density at radius 3 is 2.56 bits per heavy atom. The van der Waals surface area contributed by atoms with Crippen molar-refractivity contribution in [3.8, 4) is 0 Å². The quantitative estimate of drug-likeness (QED) is 0.665. The molecule has 4 nitrogen and oxygen atoms in total. The van der Waals surface area contributed by atoms with Crippen molar-refractivity contribution in [2.45, 2.75) is 61.8 Å². The summed E-state index contributed by atoms with van der Waals surface area (Å²) in [6.45, 7) is 0. The van der Waals surface area contributed by atoms with E-state index in [-0.39, 0.29) is 0 Å². The minimum atomic E-state index is 0.523. The van der Waals surface area contributed by atoms with Crippen molar-refractivity contribution in [2.24, 2.45) is 0 Å². The second-order valence-corrected chi connectivity index (χ2v) is 7.93. The molecule has 0 amide bonds. The molecule has 0 unspecified atom stereocenters. The highest BCUT2D eigenvalue weighted by Crippen LogP contribution is 2.40. The van der Waals surface area contributed by atoms with Gasteiger partial charge in [0.25, 0.3) is 0 Å². The Hall–Kier alpha value is -1.75. The third-order valence-electron chi connectivity index (χ3n) is 5.05. The molecule has 1 heterocycles. The Morgan fingerprint density at radius 1 is 1.00 bits per heavy atom. The van der Waals surface area contributed by atoms with Crippen molar-refractivity contribution in [1.29, 1.82) is 0 Å². The fourth-order valence-corrected chi connectivity index (χ4v) is 4.05. The number of aromatic nitrogens is 2. The minimum Gasteiger partial charge on any atom is -0.351 e. The summed E-state index contributed by atoms with van der Waals surface area (Å²) in [5, 5.41) is 7.10. The zero-order valence-corrected chi connectivity index (χ0v) is 15.6. The van der Waals surface area contributed by atoms with Gasteiger partial charge in [-0.15, -0.1) is 11.8 Å². The molecule has 0 spiro atoms.